The van der Waals surface area contributed by atoms with Gasteiger partial charge in [-0.2, -0.15) is 0 Å². The van der Waals surface area contributed by atoms with Crippen molar-refractivity contribution in [1.82, 2.24) is 9.55 Å². The summed E-state index contributed by atoms with van der Waals surface area (Å²) in [6.45, 7) is 1.99. The van der Waals surface area contributed by atoms with Crippen LogP contribution in [0.2, 0.25) is 0 Å². The average molecular weight is 386 g/mol. The first-order chi connectivity index (χ1) is 12.5. The number of thiophene rings is 1. The zero-order valence-corrected chi connectivity index (χ0v) is 16.1. The van der Waals surface area contributed by atoms with Gasteiger partial charge in [-0.05, 0) is 55.9 Å². The number of aromatic nitrogens is 2. The van der Waals surface area contributed by atoms with Gasteiger partial charge in [0.15, 0.2) is 5.16 Å². The van der Waals surface area contributed by atoms with Crippen molar-refractivity contribution < 1.29 is 4.79 Å². The van der Waals surface area contributed by atoms with Crippen LogP contribution in [0.15, 0.2) is 34.2 Å². The van der Waals surface area contributed by atoms with Crippen molar-refractivity contribution in [2.45, 2.75) is 37.8 Å². The summed E-state index contributed by atoms with van der Waals surface area (Å²) in [5.41, 5.74) is 8.26. The Hall–Kier alpha value is -2.12. The van der Waals surface area contributed by atoms with Crippen molar-refractivity contribution in [2.75, 3.05) is 5.75 Å². The third-order valence-corrected chi connectivity index (χ3v) is 6.71. The van der Waals surface area contributed by atoms with Crippen LogP contribution in [0.3, 0.4) is 0 Å². The molecule has 4 rings (SSSR count). The number of carbonyl (C=O) groups excluding carboxylic acids is 1. The first-order valence-corrected chi connectivity index (χ1v) is 10.4. The minimum absolute atomic E-state index is 0.0491. The van der Waals surface area contributed by atoms with Gasteiger partial charge in [0.2, 0.25) is 5.91 Å². The Morgan fingerprint density at radius 3 is 2.92 bits per heavy atom. The Balaban J connectivity index is 1.99. The lowest BCUT2D eigenvalue weighted by Crippen LogP contribution is -2.23. The number of carbonyl (C=O) groups is 1. The number of benzene rings is 1. The predicted octanol–water partition coefficient (Wildman–Crippen LogP) is 3.21. The van der Waals surface area contributed by atoms with Gasteiger partial charge in [-0.3, -0.25) is 14.2 Å². The summed E-state index contributed by atoms with van der Waals surface area (Å²) in [5, 5.41) is 1.26. The van der Waals surface area contributed by atoms with Crippen molar-refractivity contribution in [3.05, 3.63) is 50.6 Å². The van der Waals surface area contributed by atoms with E-state index < -0.39 is 5.91 Å². The molecule has 1 aliphatic carbocycles. The monoisotopic (exact) mass is 385 g/mol. The number of amides is 1. The van der Waals surface area contributed by atoms with Crippen LogP contribution in [0.25, 0.3) is 15.9 Å². The smallest absolute Gasteiger partial charge is 0.267 e. The zero-order chi connectivity index (χ0) is 18.3. The molecule has 0 aliphatic heterocycles. The quantitative estimate of drug-likeness (QED) is 0.552. The lowest BCUT2D eigenvalue weighted by atomic mass is 9.97. The summed E-state index contributed by atoms with van der Waals surface area (Å²) in [4.78, 5) is 31.5. The second-order valence-electron chi connectivity index (χ2n) is 6.52. The third kappa shape index (κ3) is 3.05. The Morgan fingerprint density at radius 2 is 2.15 bits per heavy atom. The molecule has 7 heteroatoms. The first kappa shape index (κ1) is 17.3. The largest absolute Gasteiger partial charge is 0.369 e. The number of hydrogen-bond donors (Lipinski definition) is 1. The van der Waals surface area contributed by atoms with Gasteiger partial charge in [0, 0.05) is 4.88 Å². The number of rotatable bonds is 4. The summed E-state index contributed by atoms with van der Waals surface area (Å²) >= 11 is 2.83. The van der Waals surface area contributed by atoms with Gasteiger partial charge < -0.3 is 5.73 Å². The van der Waals surface area contributed by atoms with Gasteiger partial charge in [-0.15, -0.1) is 11.3 Å². The molecule has 5 nitrogen and oxygen atoms in total. The molecule has 134 valence electrons. The minimum Gasteiger partial charge on any atom is -0.369 e. The molecule has 0 unspecified atom stereocenters. The van der Waals surface area contributed by atoms with Crippen molar-refractivity contribution in [3.63, 3.8) is 0 Å². The first-order valence-electron chi connectivity index (χ1n) is 8.60. The Labute approximate surface area is 159 Å². The van der Waals surface area contributed by atoms with Crippen molar-refractivity contribution >= 4 is 39.2 Å². The molecule has 3 aromatic rings. The Morgan fingerprint density at radius 1 is 1.35 bits per heavy atom. The van der Waals surface area contributed by atoms with Crippen LogP contribution >= 0.6 is 23.1 Å². The van der Waals surface area contributed by atoms with E-state index in [0.717, 1.165) is 47.2 Å². The molecule has 0 atom stereocenters. The van der Waals surface area contributed by atoms with Crippen LogP contribution in [0, 0.1) is 6.92 Å². The molecule has 0 radical (unpaired) electrons. The number of aryl methyl sites for hydroxylation is 3. The maximum absolute atomic E-state index is 13.4. The molecule has 0 bridgehead atoms. The van der Waals surface area contributed by atoms with Gasteiger partial charge >= 0.3 is 0 Å². The second kappa shape index (κ2) is 6.89. The molecule has 26 heavy (non-hydrogen) atoms. The van der Waals surface area contributed by atoms with E-state index >= 15 is 0 Å². The Kier molecular flexibility index (Phi) is 4.58. The molecule has 0 fully saturated rings. The van der Waals surface area contributed by atoms with E-state index in [1.54, 1.807) is 15.9 Å². The molecule has 0 saturated heterocycles. The van der Waals surface area contributed by atoms with E-state index in [1.165, 1.54) is 22.2 Å². The lowest BCUT2D eigenvalue weighted by molar-refractivity contribution is -0.115. The van der Waals surface area contributed by atoms with E-state index in [0.29, 0.717) is 5.16 Å². The third-order valence-electron chi connectivity index (χ3n) is 4.56. The van der Waals surface area contributed by atoms with Crippen molar-refractivity contribution in [1.29, 1.82) is 0 Å². The molecule has 1 aromatic carbocycles. The zero-order valence-electron chi connectivity index (χ0n) is 14.4. The number of fused-ring (bicyclic) bond motifs is 3. The van der Waals surface area contributed by atoms with Gasteiger partial charge in [-0.1, -0.05) is 23.9 Å². The van der Waals surface area contributed by atoms with Crippen molar-refractivity contribution in [3.8, 4) is 5.69 Å². The molecule has 2 heterocycles. The van der Waals surface area contributed by atoms with Crippen LogP contribution in [-0.2, 0) is 17.6 Å². The van der Waals surface area contributed by atoms with Crippen LogP contribution < -0.4 is 11.3 Å². The standard InChI is InChI=1S/C19H19N3O2S2/c1-11-5-4-6-12(9-11)22-18(24)16-13-7-2-3-8-14(13)26-17(16)21-19(22)25-10-15(20)23/h4-6,9H,2-3,7-8,10H2,1H3,(H2,20,23). The molecule has 2 aromatic heterocycles. The van der Waals surface area contributed by atoms with E-state index in [-0.39, 0.29) is 11.3 Å². The fourth-order valence-electron chi connectivity index (χ4n) is 3.41. The number of primary amides is 1. The Bertz CT molecular complexity index is 1070. The topological polar surface area (TPSA) is 78.0 Å². The number of hydrogen-bond acceptors (Lipinski definition) is 5. The summed E-state index contributed by atoms with van der Waals surface area (Å²) in [6.07, 6.45) is 4.23. The van der Waals surface area contributed by atoms with Gasteiger partial charge in [-0.25, -0.2) is 4.98 Å². The normalized spacial score (nSPS) is 13.7. The van der Waals surface area contributed by atoms with E-state index in [4.69, 9.17) is 10.7 Å². The van der Waals surface area contributed by atoms with Crippen LogP contribution in [0.1, 0.15) is 28.8 Å². The molecule has 0 spiro atoms. The molecule has 1 aliphatic rings. The van der Waals surface area contributed by atoms with Crippen LogP contribution in [0.5, 0.6) is 0 Å². The molecule has 1 amide bonds. The van der Waals surface area contributed by atoms with E-state index in [2.05, 4.69) is 0 Å². The van der Waals surface area contributed by atoms with E-state index in [1.807, 2.05) is 31.2 Å². The lowest BCUT2D eigenvalue weighted by Gasteiger charge is -2.13. The summed E-state index contributed by atoms with van der Waals surface area (Å²) in [6, 6.07) is 7.77. The number of thioether (sulfide) groups is 1. The van der Waals surface area contributed by atoms with Crippen LogP contribution in [-0.4, -0.2) is 21.2 Å². The van der Waals surface area contributed by atoms with Gasteiger partial charge in [0.05, 0.1) is 16.8 Å². The van der Waals surface area contributed by atoms with Gasteiger partial charge in [0.1, 0.15) is 4.83 Å². The van der Waals surface area contributed by atoms with Crippen LogP contribution in [0.4, 0.5) is 0 Å². The maximum atomic E-state index is 13.4. The minimum atomic E-state index is -0.425. The highest BCUT2D eigenvalue weighted by molar-refractivity contribution is 7.99. The summed E-state index contributed by atoms with van der Waals surface area (Å²) in [7, 11) is 0. The van der Waals surface area contributed by atoms with E-state index in [9.17, 15) is 9.59 Å². The molecule has 2 N–H and O–H groups in total. The summed E-state index contributed by atoms with van der Waals surface area (Å²) < 4.78 is 1.63. The highest BCUT2D eigenvalue weighted by atomic mass is 32.2. The molecular weight excluding hydrogens is 366 g/mol. The van der Waals surface area contributed by atoms with Gasteiger partial charge in [0.25, 0.3) is 5.56 Å². The highest BCUT2D eigenvalue weighted by Gasteiger charge is 2.23. The van der Waals surface area contributed by atoms with Crippen molar-refractivity contribution in [2.24, 2.45) is 5.73 Å². The summed E-state index contributed by atoms with van der Waals surface area (Å²) in [5.74, 6) is -0.333. The fraction of sp³-hybridized carbons (Fsp3) is 0.316. The number of nitrogens with two attached hydrogens (primary N) is 1. The highest BCUT2D eigenvalue weighted by Crippen LogP contribution is 2.35. The average Bonchev–Trinajstić information content (AvgIpc) is 2.98. The molecular formula is C19H19N3O2S2. The SMILES string of the molecule is Cc1cccc(-n2c(SCC(N)=O)nc3sc4c(c3c2=O)CCCC4)c1. The predicted molar refractivity (Wildman–Crippen MR) is 107 cm³/mol. The fourth-order valence-corrected chi connectivity index (χ4v) is 5.47. The molecule has 0 saturated carbocycles. The number of nitrogens with zero attached hydrogens (tertiary/aromatic N) is 2. The maximum Gasteiger partial charge on any atom is 0.267 e. The second-order valence-corrected chi connectivity index (χ2v) is 8.55.